The summed E-state index contributed by atoms with van der Waals surface area (Å²) in [5.74, 6) is -4.61. The molecular weight excluding hydrogens is 493 g/mol. The monoisotopic (exact) mass is 541 g/mol. The molecular formula is C28H48NO7P. The molecule has 1 atom stereocenters. The van der Waals surface area contributed by atoms with Crippen molar-refractivity contribution in [3.63, 3.8) is 0 Å². The molecule has 0 bridgehead atoms. The van der Waals surface area contributed by atoms with Crippen LogP contribution in [0.25, 0.3) is 0 Å². The lowest BCUT2D eigenvalue weighted by Crippen LogP contribution is -2.50. The quantitative estimate of drug-likeness (QED) is 0.0504. The summed E-state index contributed by atoms with van der Waals surface area (Å²) in [5, 5.41) is 7.54. The lowest BCUT2D eigenvalue weighted by atomic mass is 9.86. The predicted molar refractivity (Wildman–Crippen MR) is 149 cm³/mol. The summed E-state index contributed by atoms with van der Waals surface area (Å²) in [6.45, 7) is 13.4. The van der Waals surface area contributed by atoms with E-state index in [1.165, 1.54) is 30.6 Å². The van der Waals surface area contributed by atoms with Crippen molar-refractivity contribution in [1.29, 1.82) is 0 Å². The van der Waals surface area contributed by atoms with E-state index >= 15 is 0 Å². The highest BCUT2D eigenvalue weighted by atomic mass is 31.2. The van der Waals surface area contributed by atoms with Gasteiger partial charge in [-0.25, -0.2) is 5.48 Å². The Balaban J connectivity index is 4.67. The molecule has 0 radical (unpaired) electrons. The van der Waals surface area contributed by atoms with E-state index in [1.54, 1.807) is 6.08 Å². The Kier molecular flexibility index (Phi) is 16.6. The number of rotatable bonds is 18. The molecule has 0 aliphatic carbocycles. The van der Waals surface area contributed by atoms with Crippen molar-refractivity contribution in [1.82, 2.24) is 5.48 Å². The van der Waals surface area contributed by atoms with E-state index < -0.39 is 30.5 Å². The number of allylic oxidation sites excluding steroid dienone is 7. The summed E-state index contributed by atoms with van der Waals surface area (Å²) < 4.78 is 12.1. The van der Waals surface area contributed by atoms with Crippen LogP contribution in [0, 0.1) is 5.92 Å². The largest absolute Gasteiger partial charge is 0.481 e. The topological polar surface area (TPSA) is 133 Å². The van der Waals surface area contributed by atoms with Crippen LogP contribution < -0.4 is 5.48 Å². The maximum Gasteiger partial charge on any atom is 0.333 e. The number of hydroxylamine groups is 1. The number of nitrogens with one attached hydrogen (secondary N) is 1. The number of carboxylic acid groups (broad SMARTS) is 1. The maximum atomic E-state index is 12.5. The lowest BCUT2D eigenvalue weighted by Gasteiger charge is -2.36. The second kappa shape index (κ2) is 17.5. The first-order valence-corrected chi connectivity index (χ1v) is 14.6. The van der Waals surface area contributed by atoms with Gasteiger partial charge in [0.2, 0.25) is 0 Å². The zero-order valence-electron chi connectivity index (χ0n) is 23.7. The standard InChI is InChI=1S/C28H48NO7P/c1-8-28(9-2,37(33,34)35)25(27(31)32)26(30)29-36-20-19-24(7)18-12-17-23(6)16-11-15-22(5)14-10-13-21(3)4/h13,15,17,19,25H,8-12,14,16,18,20H2,1-7H3,(H,29,30)(H,31,32)(H2,33,34,35). The molecule has 0 saturated carbocycles. The zero-order valence-corrected chi connectivity index (χ0v) is 24.6. The van der Waals surface area contributed by atoms with Gasteiger partial charge in [0.15, 0.2) is 5.92 Å². The zero-order chi connectivity index (χ0) is 28.6. The third-order valence-electron chi connectivity index (χ3n) is 6.69. The van der Waals surface area contributed by atoms with E-state index in [0.717, 1.165) is 44.1 Å². The molecule has 0 aromatic carbocycles. The molecule has 0 saturated heterocycles. The van der Waals surface area contributed by atoms with Gasteiger partial charge < -0.3 is 14.9 Å². The maximum absolute atomic E-state index is 12.5. The highest BCUT2D eigenvalue weighted by Crippen LogP contribution is 2.58. The van der Waals surface area contributed by atoms with Crippen molar-refractivity contribution in [3.05, 3.63) is 46.6 Å². The molecule has 9 heteroatoms. The van der Waals surface area contributed by atoms with Crippen LogP contribution in [0.3, 0.4) is 0 Å². The van der Waals surface area contributed by atoms with Crippen LogP contribution in [-0.4, -0.2) is 38.5 Å². The highest BCUT2D eigenvalue weighted by molar-refractivity contribution is 7.53. The molecule has 37 heavy (non-hydrogen) atoms. The number of hydrogen-bond acceptors (Lipinski definition) is 4. The molecule has 0 aliphatic rings. The predicted octanol–water partition coefficient (Wildman–Crippen LogP) is 6.62. The minimum atomic E-state index is -4.89. The molecule has 0 rings (SSSR count). The van der Waals surface area contributed by atoms with Crippen LogP contribution in [0.2, 0.25) is 0 Å². The molecule has 0 fully saturated rings. The van der Waals surface area contributed by atoms with Crippen molar-refractivity contribution in [2.75, 3.05) is 6.61 Å². The Morgan fingerprint density at radius 2 is 1.27 bits per heavy atom. The molecule has 0 heterocycles. The molecule has 1 amide bonds. The number of hydrogen-bond donors (Lipinski definition) is 4. The van der Waals surface area contributed by atoms with Crippen LogP contribution in [0.5, 0.6) is 0 Å². The Morgan fingerprint density at radius 1 is 0.838 bits per heavy atom. The Hall–Kier alpha value is -1.99. The summed E-state index contributed by atoms with van der Waals surface area (Å²) in [6.07, 6.45) is 14.2. The molecule has 4 N–H and O–H groups in total. The van der Waals surface area contributed by atoms with Crippen LogP contribution >= 0.6 is 7.60 Å². The first-order valence-electron chi connectivity index (χ1n) is 13.0. The first kappa shape index (κ1) is 35.0. The van der Waals surface area contributed by atoms with E-state index in [2.05, 4.69) is 51.4 Å². The average molecular weight is 542 g/mol. The average Bonchev–Trinajstić information content (AvgIpc) is 2.78. The number of carboxylic acids is 1. The highest BCUT2D eigenvalue weighted by Gasteiger charge is 2.56. The minimum absolute atomic E-state index is 0.0184. The van der Waals surface area contributed by atoms with E-state index in [1.807, 2.05) is 6.92 Å². The smallest absolute Gasteiger partial charge is 0.333 e. The van der Waals surface area contributed by atoms with Crippen molar-refractivity contribution in [3.8, 4) is 0 Å². The SMILES string of the molecule is CCC(CC)(C(C(=O)O)C(=O)NOCC=C(C)CCC=C(C)CCC=C(C)CCC=C(C)C)P(=O)(O)O. The summed E-state index contributed by atoms with van der Waals surface area (Å²) in [5.41, 5.74) is 7.22. The Bertz CT molecular complexity index is 903. The molecule has 0 aromatic rings. The van der Waals surface area contributed by atoms with Gasteiger partial charge in [-0.1, -0.05) is 60.4 Å². The molecule has 0 aliphatic heterocycles. The van der Waals surface area contributed by atoms with Gasteiger partial charge >= 0.3 is 13.6 Å². The van der Waals surface area contributed by atoms with Gasteiger partial charge in [0.05, 0.1) is 11.8 Å². The fourth-order valence-electron chi connectivity index (χ4n) is 4.17. The number of carbonyl (C=O) groups is 2. The Labute approximate surface area is 223 Å². The number of aliphatic carboxylic acids is 1. The van der Waals surface area contributed by atoms with E-state index in [9.17, 15) is 29.0 Å². The van der Waals surface area contributed by atoms with Crippen molar-refractivity contribution in [2.24, 2.45) is 5.92 Å². The summed E-state index contributed by atoms with van der Waals surface area (Å²) in [7, 11) is -4.89. The van der Waals surface area contributed by atoms with Crippen LogP contribution in [-0.2, 0) is 19.0 Å². The Morgan fingerprint density at radius 3 is 1.65 bits per heavy atom. The van der Waals surface area contributed by atoms with Gasteiger partial charge in [-0.05, 0) is 86.0 Å². The van der Waals surface area contributed by atoms with Gasteiger partial charge in [-0.3, -0.25) is 19.0 Å². The summed E-state index contributed by atoms with van der Waals surface area (Å²) in [6, 6.07) is 0. The van der Waals surface area contributed by atoms with Crippen molar-refractivity contribution < 1.29 is 33.9 Å². The molecule has 8 nitrogen and oxygen atoms in total. The van der Waals surface area contributed by atoms with Gasteiger partial charge in [0.25, 0.3) is 5.91 Å². The van der Waals surface area contributed by atoms with E-state index in [-0.39, 0.29) is 19.4 Å². The van der Waals surface area contributed by atoms with Crippen molar-refractivity contribution in [2.45, 2.75) is 105 Å². The number of carbonyl (C=O) groups excluding carboxylic acids is 1. The number of amides is 1. The van der Waals surface area contributed by atoms with Gasteiger partial charge in [0.1, 0.15) is 0 Å². The van der Waals surface area contributed by atoms with Crippen LogP contribution in [0.4, 0.5) is 0 Å². The minimum Gasteiger partial charge on any atom is -0.481 e. The molecule has 0 aromatic heterocycles. The fourth-order valence-corrected chi connectivity index (χ4v) is 5.56. The van der Waals surface area contributed by atoms with Gasteiger partial charge in [-0.2, -0.15) is 0 Å². The van der Waals surface area contributed by atoms with Crippen LogP contribution in [0.1, 0.15) is 99.8 Å². The third kappa shape index (κ3) is 12.9. The second-order valence-electron chi connectivity index (χ2n) is 9.95. The third-order valence-corrected chi connectivity index (χ3v) is 8.74. The molecule has 0 spiro atoms. The second-order valence-corrected chi connectivity index (χ2v) is 11.9. The summed E-state index contributed by atoms with van der Waals surface area (Å²) in [4.78, 5) is 48.9. The van der Waals surface area contributed by atoms with E-state index in [4.69, 9.17) is 4.84 Å². The fraction of sp³-hybridized carbons (Fsp3) is 0.643. The lowest BCUT2D eigenvalue weighted by molar-refractivity contribution is -0.154. The van der Waals surface area contributed by atoms with E-state index in [0.29, 0.717) is 0 Å². The summed E-state index contributed by atoms with van der Waals surface area (Å²) >= 11 is 0. The van der Waals surface area contributed by atoms with Gasteiger partial charge in [-0.15, -0.1) is 0 Å². The molecule has 1 unspecified atom stereocenters. The normalized spacial score (nSPS) is 14.4. The van der Waals surface area contributed by atoms with Crippen molar-refractivity contribution >= 4 is 19.5 Å². The molecule has 212 valence electrons. The van der Waals surface area contributed by atoms with Crippen LogP contribution in [0.15, 0.2) is 46.6 Å². The van der Waals surface area contributed by atoms with Gasteiger partial charge in [0, 0.05) is 0 Å². The first-order chi connectivity index (χ1) is 17.2.